The summed E-state index contributed by atoms with van der Waals surface area (Å²) in [5.74, 6) is -0.0532. The first-order valence-corrected chi connectivity index (χ1v) is 11.3. The van der Waals surface area contributed by atoms with Crippen LogP contribution in [0.1, 0.15) is 23.6 Å². The lowest BCUT2D eigenvalue weighted by atomic mass is 9.97. The number of anilines is 3. The molecule has 1 N–H and O–H groups in total. The number of hydrogen-bond acceptors (Lipinski definition) is 5. The van der Waals surface area contributed by atoms with Crippen LogP contribution in [0.3, 0.4) is 0 Å². The predicted molar refractivity (Wildman–Crippen MR) is 137 cm³/mol. The summed E-state index contributed by atoms with van der Waals surface area (Å²) in [6, 6.07) is 20.7. The molecule has 2 amide bonds. The molecule has 3 aromatic rings. The SMILES string of the molecule is CCOc1cccc(NC2=C(c3ccc(C)cc3C)C(=O)N(c3cccc(N(C)C)c3)C2=O)c1. The summed E-state index contributed by atoms with van der Waals surface area (Å²) in [5.41, 5.74) is 5.48. The molecule has 0 spiro atoms. The van der Waals surface area contributed by atoms with Gasteiger partial charge in [0.1, 0.15) is 11.4 Å². The van der Waals surface area contributed by atoms with Crippen LogP contribution >= 0.6 is 0 Å². The summed E-state index contributed by atoms with van der Waals surface area (Å²) in [6.45, 7) is 6.41. The Bertz CT molecular complexity index is 1290. The van der Waals surface area contributed by atoms with Crippen LogP contribution in [0.2, 0.25) is 0 Å². The average molecular weight is 456 g/mol. The second-order valence-corrected chi connectivity index (χ2v) is 8.51. The topological polar surface area (TPSA) is 61.9 Å². The molecule has 1 aliphatic rings. The Hall–Kier alpha value is -4.06. The number of benzene rings is 3. The van der Waals surface area contributed by atoms with Crippen LogP contribution in [-0.4, -0.2) is 32.5 Å². The zero-order valence-electron chi connectivity index (χ0n) is 20.2. The molecule has 174 valence electrons. The van der Waals surface area contributed by atoms with Crippen LogP contribution in [-0.2, 0) is 9.59 Å². The first-order chi connectivity index (χ1) is 16.3. The van der Waals surface area contributed by atoms with Crippen molar-refractivity contribution in [2.75, 3.05) is 35.8 Å². The summed E-state index contributed by atoms with van der Waals surface area (Å²) >= 11 is 0. The van der Waals surface area contributed by atoms with Crippen molar-refractivity contribution < 1.29 is 14.3 Å². The molecule has 0 saturated heterocycles. The number of nitrogens with zero attached hydrogens (tertiary/aromatic N) is 2. The predicted octanol–water partition coefficient (Wildman–Crippen LogP) is 5.16. The van der Waals surface area contributed by atoms with Crippen molar-refractivity contribution >= 4 is 34.4 Å². The highest BCUT2D eigenvalue weighted by atomic mass is 16.5. The van der Waals surface area contributed by atoms with Crippen molar-refractivity contribution in [3.8, 4) is 5.75 Å². The lowest BCUT2D eigenvalue weighted by Gasteiger charge is -2.19. The van der Waals surface area contributed by atoms with Crippen molar-refractivity contribution in [1.29, 1.82) is 0 Å². The molecule has 0 saturated carbocycles. The van der Waals surface area contributed by atoms with E-state index in [1.807, 2.05) is 100 Å². The van der Waals surface area contributed by atoms with E-state index in [1.54, 1.807) is 6.07 Å². The molecular formula is C28H29N3O3. The smallest absolute Gasteiger partial charge is 0.282 e. The summed E-state index contributed by atoms with van der Waals surface area (Å²) in [7, 11) is 3.84. The third-order valence-electron chi connectivity index (χ3n) is 5.75. The van der Waals surface area contributed by atoms with E-state index < -0.39 is 5.91 Å². The molecule has 0 aromatic heterocycles. The first-order valence-electron chi connectivity index (χ1n) is 11.3. The molecule has 3 aromatic carbocycles. The third-order valence-corrected chi connectivity index (χ3v) is 5.75. The number of hydrogen-bond donors (Lipinski definition) is 1. The first kappa shape index (κ1) is 23.1. The van der Waals surface area contributed by atoms with Gasteiger partial charge in [0.05, 0.1) is 17.9 Å². The Balaban J connectivity index is 1.83. The number of amides is 2. The Labute approximate surface area is 200 Å². The van der Waals surface area contributed by atoms with Gasteiger partial charge in [0, 0.05) is 31.5 Å². The van der Waals surface area contributed by atoms with Crippen molar-refractivity contribution in [2.45, 2.75) is 20.8 Å². The maximum absolute atomic E-state index is 13.8. The van der Waals surface area contributed by atoms with E-state index in [4.69, 9.17) is 4.74 Å². The van der Waals surface area contributed by atoms with Crippen LogP contribution in [0.15, 0.2) is 72.4 Å². The maximum Gasteiger partial charge on any atom is 0.282 e. The maximum atomic E-state index is 13.8. The highest BCUT2D eigenvalue weighted by molar-refractivity contribution is 6.46. The van der Waals surface area contributed by atoms with E-state index >= 15 is 0 Å². The molecule has 6 nitrogen and oxygen atoms in total. The van der Waals surface area contributed by atoms with Gasteiger partial charge in [0.15, 0.2) is 0 Å². The monoisotopic (exact) mass is 455 g/mol. The molecule has 1 heterocycles. The number of rotatable bonds is 7. The van der Waals surface area contributed by atoms with E-state index in [2.05, 4.69) is 5.32 Å². The summed E-state index contributed by atoms with van der Waals surface area (Å²) in [5, 5.41) is 3.22. The quantitative estimate of drug-likeness (QED) is 0.499. The van der Waals surface area contributed by atoms with Crippen LogP contribution in [0.5, 0.6) is 5.75 Å². The van der Waals surface area contributed by atoms with Crippen molar-refractivity contribution in [2.24, 2.45) is 0 Å². The van der Waals surface area contributed by atoms with Crippen molar-refractivity contribution in [1.82, 2.24) is 0 Å². The molecule has 1 aliphatic heterocycles. The van der Waals surface area contributed by atoms with Gasteiger partial charge in [0.25, 0.3) is 11.8 Å². The molecule has 0 unspecified atom stereocenters. The highest BCUT2D eigenvalue weighted by Crippen LogP contribution is 2.36. The van der Waals surface area contributed by atoms with E-state index in [9.17, 15) is 9.59 Å². The number of carbonyl (C=O) groups is 2. The molecule has 0 bridgehead atoms. The third kappa shape index (κ3) is 4.39. The highest BCUT2D eigenvalue weighted by Gasteiger charge is 2.40. The second-order valence-electron chi connectivity index (χ2n) is 8.51. The second kappa shape index (κ2) is 9.43. The van der Waals surface area contributed by atoms with Gasteiger partial charge in [-0.05, 0) is 62.2 Å². The Morgan fingerprint density at radius 3 is 2.38 bits per heavy atom. The van der Waals surface area contributed by atoms with Gasteiger partial charge in [-0.15, -0.1) is 0 Å². The standard InChI is InChI=1S/C28H29N3O3/c1-6-34-23-12-7-9-20(16-23)29-26-25(24-14-13-18(2)15-19(24)3)27(32)31(28(26)33)22-11-8-10-21(17-22)30(4)5/h7-17,29H,6H2,1-5H3. The van der Waals surface area contributed by atoms with Crippen LogP contribution in [0.4, 0.5) is 17.1 Å². The number of aryl methyl sites for hydroxylation is 2. The minimum Gasteiger partial charge on any atom is -0.494 e. The number of imide groups is 1. The van der Waals surface area contributed by atoms with Gasteiger partial charge in [-0.3, -0.25) is 9.59 Å². The molecule has 4 rings (SSSR count). The largest absolute Gasteiger partial charge is 0.494 e. The number of ether oxygens (including phenoxy) is 1. The van der Waals surface area contributed by atoms with E-state index in [0.29, 0.717) is 29.3 Å². The lowest BCUT2D eigenvalue weighted by molar-refractivity contribution is -0.120. The molecule has 34 heavy (non-hydrogen) atoms. The normalized spacial score (nSPS) is 13.5. The van der Waals surface area contributed by atoms with Gasteiger partial charge in [-0.1, -0.05) is 35.9 Å². The molecule has 6 heteroatoms. The molecule has 0 fully saturated rings. The van der Waals surface area contributed by atoms with E-state index in [0.717, 1.165) is 22.4 Å². The average Bonchev–Trinajstić information content (AvgIpc) is 3.04. The summed E-state index contributed by atoms with van der Waals surface area (Å²) < 4.78 is 5.61. The van der Waals surface area contributed by atoms with E-state index in [-0.39, 0.29) is 11.6 Å². The lowest BCUT2D eigenvalue weighted by Crippen LogP contribution is -2.32. The Kier molecular flexibility index (Phi) is 6.41. The fraction of sp³-hybridized carbons (Fsp3) is 0.214. The van der Waals surface area contributed by atoms with Crippen molar-refractivity contribution in [3.63, 3.8) is 0 Å². The van der Waals surface area contributed by atoms with Crippen LogP contribution in [0.25, 0.3) is 5.57 Å². The van der Waals surface area contributed by atoms with Gasteiger partial charge in [-0.2, -0.15) is 0 Å². The van der Waals surface area contributed by atoms with Crippen LogP contribution < -0.4 is 19.9 Å². The van der Waals surface area contributed by atoms with Crippen LogP contribution in [0, 0.1) is 13.8 Å². The van der Waals surface area contributed by atoms with Gasteiger partial charge in [-0.25, -0.2) is 4.90 Å². The molecule has 0 aliphatic carbocycles. The molecule has 0 atom stereocenters. The molecule has 0 radical (unpaired) electrons. The van der Waals surface area contributed by atoms with Gasteiger partial charge < -0.3 is 15.0 Å². The fourth-order valence-corrected chi connectivity index (χ4v) is 4.11. The molecular weight excluding hydrogens is 426 g/mol. The zero-order chi connectivity index (χ0) is 24.4. The van der Waals surface area contributed by atoms with Gasteiger partial charge >= 0.3 is 0 Å². The summed E-state index contributed by atoms with van der Waals surface area (Å²) in [4.78, 5) is 30.7. The van der Waals surface area contributed by atoms with Crippen molar-refractivity contribution in [3.05, 3.63) is 89.1 Å². The fourth-order valence-electron chi connectivity index (χ4n) is 4.11. The van der Waals surface area contributed by atoms with Gasteiger partial charge in [0.2, 0.25) is 0 Å². The Morgan fingerprint density at radius 1 is 0.912 bits per heavy atom. The minimum atomic E-state index is -0.391. The Morgan fingerprint density at radius 2 is 1.68 bits per heavy atom. The number of carbonyl (C=O) groups excluding carboxylic acids is 2. The number of nitrogens with one attached hydrogen (secondary N) is 1. The summed E-state index contributed by atoms with van der Waals surface area (Å²) in [6.07, 6.45) is 0. The van der Waals surface area contributed by atoms with E-state index in [1.165, 1.54) is 4.90 Å². The minimum absolute atomic E-state index is 0.251. The zero-order valence-corrected chi connectivity index (χ0v) is 20.2.